The lowest BCUT2D eigenvalue weighted by Crippen LogP contribution is -2.43. The number of nitrogens with one attached hydrogen (secondary N) is 1. The molecule has 3 aromatic rings. The van der Waals surface area contributed by atoms with Crippen LogP contribution < -0.4 is 16.0 Å². The molecule has 0 aliphatic carbocycles. The molecule has 6 heteroatoms. The van der Waals surface area contributed by atoms with Crippen LogP contribution in [0.2, 0.25) is 0 Å². The summed E-state index contributed by atoms with van der Waals surface area (Å²) in [4.78, 5) is 18.5. The Bertz CT molecular complexity index is 878. The summed E-state index contributed by atoms with van der Waals surface area (Å²) in [6, 6.07) is 11.9. The zero-order valence-electron chi connectivity index (χ0n) is 13.3. The predicted molar refractivity (Wildman–Crippen MR) is 94.2 cm³/mol. The number of piperazine rings is 1. The van der Waals surface area contributed by atoms with Crippen molar-refractivity contribution in [1.29, 1.82) is 0 Å². The number of benzene rings is 1. The largest absolute Gasteiger partial charge is 0.369 e. The van der Waals surface area contributed by atoms with Crippen LogP contribution in [0.5, 0.6) is 0 Å². The van der Waals surface area contributed by atoms with Crippen molar-refractivity contribution in [1.82, 2.24) is 14.7 Å². The van der Waals surface area contributed by atoms with E-state index in [9.17, 15) is 4.79 Å². The summed E-state index contributed by atoms with van der Waals surface area (Å²) in [6.07, 6.45) is 3.79. The summed E-state index contributed by atoms with van der Waals surface area (Å²) < 4.78 is 1.83. The lowest BCUT2D eigenvalue weighted by atomic mass is 10.1. The molecule has 0 atom stereocenters. The summed E-state index contributed by atoms with van der Waals surface area (Å²) in [5.74, 6) is -0.466. The Balaban J connectivity index is 1.67. The molecule has 0 radical (unpaired) electrons. The summed E-state index contributed by atoms with van der Waals surface area (Å²) in [5.41, 5.74) is 9.52. The Kier molecular flexibility index (Phi) is 3.66. The third-order valence-corrected chi connectivity index (χ3v) is 4.39. The van der Waals surface area contributed by atoms with Crippen molar-refractivity contribution < 1.29 is 4.79 Å². The van der Waals surface area contributed by atoms with Crippen LogP contribution >= 0.6 is 0 Å². The van der Waals surface area contributed by atoms with Crippen LogP contribution in [0.1, 0.15) is 10.4 Å². The van der Waals surface area contributed by atoms with E-state index in [0.717, 1.165) is 37.4 Å². The summed E-state index contributed by atoms with van der Waals surface area (Å²) >= 11 is 0. The number of hydrogen-bond acceptors (Lipinski definition) is 4. The van der Waals surface area contributed by atoms with Crippen molar-refractivity contribution in [3.63, 3.8) is 0 Å². The summed E-state index contributed by atoms with van der Waals surface area (Å²) in [5, 5.41) is 3.36. The van der Waals surface area contributed by atoms with Crippen LogP contribution in [0.4, 0.5) is 5.69 Å². The second-order valence-electron chi connectivity index (χ2n) is 5.93. The van der Waals surface area contributed by atoms with Crippen molar-refractivity contribution >= 4 is 17.2 Å². The molecule has 1 aliphatic heterocycles. The third kappa shape index (κ3) is 2.61. The fourth-order valence-corrected chi connectivity index (χ4v) is 3.11. The highest BCUT2D eigenvalue weighted by atomic mass is 16.1. The van der Waals surface area contributed by atoms with E-state index in [1.165, 1.54) is 5.69 Å². The minimum absolute atomic E-state index is 0.432. The van der Waals surface area contributed by atoms with E-state index in [2.05, 4.69) is 39.5 Å². The highest BCUT2D eigenvalue weighted by Gasteiger charge is 2.13. The second kappa shape index (κ2) is 5.98. The molecule has 1 aliphatic rings. The molecule has 2 aromatic heterocycles. The molecule has 0 unspecified atom stereocenters. The third-order valence-electron chi connectivity index (χ3n) is 4.39. The van der Waals surface area contributed by atoms with Crippen LogP contribution in [0.15, 0.2) is 48.8 Å². The molecule has 1 aromatic carbocycles. The van der Waals surface area contributed by atoms with Gasteiger partial charge in [0.2, 0.25) is 0 Å². The molecule has 1 saturated heterocycles. The molecule has 4 rings (SSSR count). The first-order valence-corrected chi connectivity index (χ1v) is 8.06. The van der Waals surface area contributed by atoms with Crippen LogP contribution in [-0.2, 0) is 0 Å². The van der Waals surface area contributed by atoms with Crippen molar-refractivity contribution in [3.8, 4) is 11.3 Å². The van der Waals surface area contributed by atoms with Gasteiger partial charge in [-0.15, -0.1) is 0 Å². The van der Waals surface area contributed by atoms with Gasteiger partial charge >= 0.3 is 0 Å². The number of nitrogens with two attached hydrogens (primary N) is 1. The van der Waals surface area contributed by atoms with Gasteiger partial charge < -0.3 is 20.4 Å². The number of imidazole rings is 1. The Hall–Kier alpha value is -2.86. The van der Waals surface area contributed by atoms with E-state index in [4.69, 9.17) is 5.73 Å². The molecular formula is C18H19N5O. The monoisotopic (exact) mass is 321 g/mol. The van der Waals surface area contributed by atoms with E-state index in [-0.39, 0.29) is 0 Å². The first kappa shape index (κ1) is 14.7. The van der Waals surface area contributed by atoms with Gasteiger partial charge in [0.15, 0.2) is 0 Å². The molecule has 0 spiro atoms. The van der Waals surface area contributed by atoms with Crippen LogP contribution in [-0.4, -0.2) is 41.5 Å². The minimum atomic E-state index is -0.466. The number of hydrogen-bond donors (Lipinski definition) is 2. The van der Waals surface area contributed by atoms with Gasteiger partial charge in [-0.1, -0.05) is 12.1 Å². The van der Waals surface area contributed by atoms with Crippen molar-refractivity contribution in [2.24, 2.45) is 5.73 Å². The number of amides is 1. The van der Waals surface area contributed by atoms with Gasteiger partial charge in [0, 0.05) is 49.8 Å². The Labute approximate surface area is 139 Å². The average Bonchev–Trinajstić information content (AvgIpc) is 3.06. The molecule has 122 valence electrons. The molecule has 6 nitrogen and oxygen atoms in total. The highest BCUT2D eigenvalue weighted by molar-refractivity contribution is 5.98. The number of carbonyl (C=O) groups excluding carboxylic acids is 1. The Morgan fingerprint density at radius 1 is 1.12 bits per heavy atom. The number of nitrogens with zero attached hydrogens (tertiary/aromatic N) is 3. The van der Waals surface area contributed by atoms with E-state index in [0.29, 0.717) is 11.2 Å². The standard InChI is InChI=1S/C18H19N5O/c19-17(24)15-2-1-9-23-12-16(21-18(15)23)13-3-5-14(6-4-13)22-10-7-20-8-11-22/h1-6,9,12,20H,7-8,10-11H2,(H2,19,24). The number of pyridine rings is 1. The molecule has 1 amide bonds. The zero-order chi connectivity index (χ0) is 16.5. The lowest BCUT2D eigenvalue weighted by Gasteiger charge is -2.29. The second-order valence-corrected chi connectivity index (χ2v) is 5.93. The van der Waals surface area contributed by atoms with Gasteiger partial charge in [0.1, 0.15) is 5.65 Å². The van der Waals surface area contributed by atoms with Crippen molar-refractivity contribution in [2.45, 2.75) is 0 Å². The molecule has 0 bridgehead atoms. The maximum Gasteiger partial charge on any atom is 0.252 e. The van der Waals surface area contributed by atoms with Gasteiger partial charge in [0.05, 0.1) is 11.3 Å². The zero-order valence-corrected chi connectivity index (χ0v) is 13.3. The smallest absolute Gasteiger partial charge is 0.252 e. The Morgan fingerprint density at radius 3 is 2.58 bits per heavy atom. The van der Waals surface area contributed by atoms with Crippen molar-refractivity contribution in [3.05, 3.63) is 54.4 Å². The maximum atomic E-state index is 11.5. The van der Waals surface area contributed by atoms with Crippen LogP contribution in [0.25, 0.3) is 16.9 Å². The molecule has 0 saturated carbocycles. The predicted octanol–water partition coefficient (Wildman–Crippen LogP) is 1.51. The van der Waals surface area contributed by atoms with E-state index >= 15 is 0 Å². The normalized spacial score (nSPS) is 14.9. The van der Waals surface area contributed by atoms with Gasteiger partial charge in [0.25, 0.3) is 5.91 Å². The van der Waals surface area contributed by atoms with Crippen LogP contribution in [0, 0.1) is 0 Å². The van der Waals surface area contributed by atoms with Crippen molar-refractivity contribution in [2.75, 3.05) is 31.1 Å². The van der Waals surface area contributed by atoms with Gasteiger partial charge in [-0.25, -0.2) is 4.98 Å². The summed E-state index contributed by atoms with van der Waals surface area (Å²) in [6.45, 7) is 4.08. The van der Waals surface area contributed by atoms with Gasteiger partial charge in [-0.3, -0.25) is 4.79 Å². The number of carbonyl (C=O) groups is 1. The lowest BCUT2D eigenvalue weighted by molar-refractivity contribution is 0.100. The first-order chi connectivity index (χ1) is 11.7. The molecular weight excluding hydrogens is 302 g/mol. The van der Waals surface area contributed by atoms with E-state index in [1.54, 1.807) is 12.1 Å². The van der Waals surface area contributed by atoms with Gasteiger partial charge in [-0.2, -0.15) is 0 Å². The maximum absolute atomic E-state index is 11.5. The summed E-state index contributed by atoms with van der Waals surface area (Å²) in [7, 11) is 0. The SMILES string of the molecule is NC(=O)c1cccn2cc(-c3ccc(N4CCNCC4)cc3)nc12. The van der Waals surface area contributed by atoms with Gasteiger partial charge in [-0.05, 0) is 24.3 Å². The molecule has 24 heavy (non-hydrogen) atoms. The number of aromatic nitrogens is 2. The fourth-order valence-electron chi connectivity index (χ4n) is 3.11. The van der Waals surface area contributed by atoms with Crippen LogP contribution in [0.3, 0.4) is 0 Å². The average molecular weight is 321 g/mol. The quantitative estimate of drug-likeness (QED) is 0.767. The number of primary amides is 1. The molecule has 3 heterocycles. The number of fused-ring (bicyclic) bond motifs is 1. The highest BCUT2D eigenvalue weighted by Crippen LogP contribution is 2.24. The molecule has 3 N–H and O–H groups in total. The topological polar surface area (TPSA) is 75.7 Å². The Morgan fingerprint density at radius 2 is 1.88 bits per heavy atom. The fraction of sp³-hybridized carbons (Fsp3) is 0.222. The molecule has 1 fully saturated rings. The first-order valence-electron chi connectivity index (χ1n) is 8.06. The number of rotatable bonds is 3. The van der Waals surface area contributed by atoms with E-state index in [1.807, 2.05) is 16.8 Å². The number of anilines is 1. The minimum Gasteiger partial charge on any atom is -0.369 e. The van der Waals surface area contributed by atoms with E-state index < -0.39 is 5.91 Å².